The number of barbiturate groups is 1. The molecule has 1 saturated heterocycles. The molecule has 0 saturated carbocycles. The highest BCUT2D eigenvalue weighted by Crippen LogP contribution is 2.37. The van der Waals surface area contributed by atoms with E-state index in [0.29, 0.717) is 16.9 Å². The van der Waals surface area contributed by atoms with Crippen molar-refractivity contribution in [2.24, 2.45) is 0 Å². The van der Waals surface area contributed by atoms with Crippen LogP contribution in [0.2, 0.25) is 5.02 Å². The fourth-order valence-corrected chi connectivity index (χ4v) is 3.91. The van der Waals surface area contributed by atoms with E-state index in [0.717, 1.165) is 10.5 Å². The highest BCUT2D eigenvalue weighted by molar-refractivity contribution is 6.39. The summed E-state index contributed by atoms with van der Waals surface area (Å²) in [6.07, 6.45) is 1.29. The van der Waals surface area contributed by atoms with Gasteiger partial charge in [0, 0.05) is 5.69 Å². The third kappa shape index (κ3) is 5.62. The van der Waals surface area contributed by atoms with Gasteiger partial charge in [-0.2, -0.15) is 0 Å². The third-order valence-corrected chi connectivity index (χ3v) is 5.73. The van der Waals surface area contributed by atoms with E-state index in [1.165, 1.54) is 25.3 Å². The monoisotopic (exact) mass is 519 g/mol. The summed E-state index contributed by atoms with van der Waals surface area (Å²) < 4.78 is 11.0. The maximum atomic E-state index is 13.1. The van der Waals surface area contributed by atoms with Gasteiger partial charge in [0.1, 0.15) is 5.57 Å². The zero-order chi connectivity index (χ0) is 26.5. The maximum absolute atomic E-state index is 13.1. The second-order valence-electron chi connectivity index (χ2n) is 7.98. The third-order valence-electron chi connectivity index (χ3n) is 5.45. The summed E-state index contributed by atoms with van der Waals surface area (Å²) >= 11 is 6.40. The zero-order valence-corrected chi connectivity index (χ0v) is 20.7. The average Bonchev–Trinajstić information content (AvgIpc) is 2.87. The lowest BCUT2D eigenvalue weighted by molar-refractivity contribution is -0.122. The number of nitrogens with zero attached hydrogens (tertiary/aromatic N) is 1. The van der Waals surface area contributed by atoms with E-state index in [1.54, 1.807) is 36.4 Å². The van der Waals surface area contributed by atoms with Gasteiger partial charge in [-0.1, -0.05) is 48.0 Å². The standard InChI is InChI=1S/C27H22ClN3O6/c1-16-8-6-7-11-21(16)29-23(32)15-37-24-20(28)13-17(14-22(24)36-2)12-19-25(33)30-27(35)31(26(19)34)18-9-4-3-5-10-18/h3-14H,15H2,1-2H3,(H,29,32)(H,30,33,35)/b19-12-. The van der Waals surface area contributed by atoms with Crippen LogP contribution in [0, 0.1) is 6.92 Å². The summed E-state index contributed by atoms with van der Waals surface area (Å²) in [6.45, 7) is 1.54. The number of aryl methyl sites for hydroxylation is 1. The van der Waals surface area contributed by atoms with E-state index in [4.69, 9.17) is 21.1 Å². The van der Waals surface area contributed by atoms with Crippen LogP contribution < -0.4 is 25.0 Å². The number of halogens is 1. The Morgan fingerprint density at radius 3 is 2.46 bits per heavy atom. The summed E-state index contributed by atoms with van der Waals surface area (Å²) in [5.41, 5.74) is 1.95. The molecule has 4 rings (SSSR count). The van der Waals surface area contributed by atoms with Crippen LogP contribution in [0.4, 0.5) is 16.2 Å². The molecule has 0 aromatic heterocycles. The highest BCUT2D eigenvalue weighted by atomic mass is 35.5. The van der Waals surface area contributed by atoms with E-state index >= 15 is 0 Å². The SMILES string of the molecule is COc1cc(/C=C2/C(=O)NC(=O)N(c3ccccc3)C2=O)cc(Cl)c1OCC(=O)Nc1ccccc1C. The van der Waals surface area contributed by atoms with Gasteiger partial charge < -0.3 is 14.8 Å². The number of imide groups is 2. The van der Waals surface area contributed by atoms with Crippen molar-refractivity contribution in [3.05, 3.63) is 88.5 Å². The maximum Gasteiger partial charge on any atom is 0.335 e. The number of carbonyl (C=O) groups excluding carboxylic acids is 4. The van der Waals surface area contributed by atoms with Crippen LogP contribution in [0.3, 0.4) is 0 Å². The molecule has 0 atom stereocenters. The topological polar surface area (TPSA) is 114 Å². The van der Waals surface area contributed by atoms with E-state index in [9.17, 15) is 19.2 Å². The molecule has 0 aliphatic carbocycles. The molecule has 0 bridgehead atoms. The van der Waals surface area contributed by atoms with Gasteiger partial charge in [0.25, 0.3) is 17.7 Å². The number of amides is 5. The second kappa shape index (κ2) is 11.0. The van der Waals surface area contributed by atoms with Gasteiger partial charge in [-0.3, -0.25) is 19.7 Å². The minimum atomic E-state index is -0.846. The van der Waals surface area contributed by atoms with Crippen LogP contribution in [0.15, 0.2) is 72.3 Å². The summed E-state index contributed by atoms with van der Waals surface area (Å²) in [5, 5.41) is 5.02. The molecule has 1 aliphatic rings. The summed E-state index contributed by atoms with van der Waals surface area (Å²) in [4.78, 5) is 51.1. The van der Waals surface area contributed by atoms with Crippen LogP contribution in [0.5, 0.6) is 11.5 Å². The van der Waals surface area contributed by atoms with Gasteiger partial charge in [0.15, 0.2) is 18.1 Å². The molecule has 1 fully saturated rings. The first-order chi connectivity index (χ1) is 17.8. The van der Waals surface area contributed by atoms with Crippen LogP contribution in [-0.4, -0.2) is 37.5 Å². The van der Waals surface area contributed by atoms with Gasteiger partial charge in [0.2, 0.25) is 0 Å². The van der Waals surface area contributed by atoms with Crippen LogP contribution >= 0.6 is 11.6 Å². The molecule has 10 heteroatoms. The number of ether oxygens (including phenoxy) is 2. The molecule has 9 nitrogen and oxygen atoms in total. The highest BCUT2D eigenvalue weighted by Gasteiger charge is 2.36. The molecule has 0 spiro atoms. The van der Waals surface area contributed by atoms with Crippen LogP contribution in [-0.2, 0) is 14.4 Å². The number of anilines is 2. The number of hydrogen-bond donors (Lipinski definition) is 2. The molecule has 3 aromatic carbocycles. The minimum Gasteiger partial charge on any atom is -0.493 e. The van der Waals surface area contributed by atoms with Crippen LogP contribution in [0.1, 0.15) is 11.1 Å². The summed E-state index contributed by atoms with van der Waals surface area (Å²) in [7, 11) is 1.39. The molecule has 1 aliphatic heterocycles. The fraction of sp³-hybridized carbons (Fsp3) is 0.111. The molecule has 37 heavy (non-hydrogen) atoms. The van der Waals surface area contributed by atoms with E-state index in [-0.39, 0.29) is 28.7 Å². The van der Waals surface area contributed by atoms with Crippen molar-refractivity contribution < 1.29 is 28.7 Å². The Morgan fingerprint density at radius 2 is 1.76 bits per heavy atom. The number of nitrogens with one attached hydrogen (secondary N) is 2. The Hall–Kier alpha value is -4.63. The van der Waals surface area contributed by atoms with Crippen LogP contribution in [0.25, 0.3) is 6.08 Å². The van der Waals surface area contributed by atoms with Gasteiger partial charge in [-0.05, 0) is 54.5 Å². The summed E-state index contributed by atoms with van der Waals surface area (Å²) in [6, 6.07) is 17.6. The number of carbonyl (C=O) groups is 4. The number of hydrogen-bond acceptors (Lipinski definition) is 6. The predicted octanol–water partition coefficient (Wildman–Crippen LogP) is 4.34. The molecule has 2 N–H and O–H groups in total. The van der Waals surface area contributed by atoms with Crippen molar-refractivity contribution in [1.29, 1.82) is 0 Å². The lowest BCUT2D eigenvalue weighted by Crippen LogP contribution is -2.54. The fourth-order valence-electron chi connectivity index (χ4n) is 3.64. The first-order valence-corrected chi connectivity index (χ1v) is 11.5. The normalized spacial score (nSPS) is 14.4. The van der Waals surface area contributed by atoms with Gasteiger partial charge >= 0.3 is 6.03 Å². The van der Waals surface area contributed by atoms with Gasteiger partial charge in [-0.25, -0.2) is 9.69 Å². The Bertz CT molecular complexity index is 1420. The van der Waals surface area contributed by atoms with Gasteiger partial charge in [0.05, 0.1) is 17.8 Å². The first-order valence-electron chi connectivity index (χ1n) is 11.1. The number of urea groups is 1. The average molecular weight is 520 g/mol. The zero-order valence-electron chi connectivity index (χ0n) is 19.9. The first kappa shape index (κ1) is 25.5. The smallest absolute Gasteiger partial charge is 0.335 e. The van der Waals surface area contributed by atoms with Crippen molar-refractivity contribution >= 4 is 52.8 Å². The largest absolute Gasteiger partial charge is 0.493 e. The Labute approximate surface area is 217 Å². The summed E-state index contributed by atoms with van der Waals surface area (Å²) in [5.74, 6) is -1.73. The van der Waals surface area contributed by atoms with Crippen molar-refractivity contribution in [3.8, 4) is 11.5 Å². The number of rotatable bonds is 7. The Kier molecular flexibility index (Phi) is 7.55. The number of methoxy groups -OCH3 is 1. The van der Waals surface area contributed by atoms with Crippen molar-refractivity contribution in [1.82, 2.24) is 5.32 Å². The molecular weight excluding hydrogens is 498 g/mol. The molecule has 3 aromatic rings. The second-order valence-corrected chi connectivity index (χ2v) is 8.39. The van der Waals surface area contributed by atoms with E-state index < -0.39 is 23.8 Å². The lowest BCUT2D eigenvalue weighted by Gasteiger charge is -2.26. The van der Waals surface area contributed by atoms with E-state index in [1.807, 2.05) is 25.1 Å². The predicted molar refractivity (Wildman–Crippen MR) is 139 cm³/mol. The van der Waals surface area contributed by atoms with E-state index in [2.05, 4.69) is 10.6 Å². The number of benzene rings is 3. The molecule has 188 valence electrons. The minimum absolute atomic E-state index is 0.0922. The Balaban J connectivity index is 1.56. The molecule has 5 amide bonds. The quantitative estimate of drug-likeness (QED) is 0.354. The van der Waals surface area contributed by atoms with Crippen molar-refractivity contribution in [2.45, 2.75) is 6.92 Å². The molecule has 0 unspecified atom stereocenters. The van der Waals surface area contributed by atoms with Crippen molar-refractivity contribution in [3.63, 3.8) is 0 Å². The van der Waals surface area contributed by atoms with Crippen molar-refractivity contribution in [2.75, 3.05) is 23.9 Å². The Morgan fingerprint density at radius 1 is 1.05 bits per heavy atom. The molecule has 0 radical (unpaired) electrons. The number of para-hydroxylation sites is 2. The molecular formula is C27H22ClN3O6. The van der Waals surface area contributed by atoms with Gasteiger partial charge in [-0.15, -0.1) is 0 Å². The molecule has 1 heterocycles. The lowest BCUT2D eigenvalue weighted by atomic mass is 10.1.